The topological polar surface area (TPSA) is 56.4 Å². The van der Waals surface area contributed by atoms with E-state index in [2.05, 4.69) is 12.6 Å². The maximum atomic E-state index is 9.45. The SMILES string of the molecule is C=C1OCOC1=CCc1c(C#N)cn(-c2ccc(OC)cc2)c1C. The van der Waals surface area contributed by atoms with Crippen molar-refractivity contribution in [3.8, 4) is 17.5 Å². The van der Waals surface area contributed by atoms with Crippen LogP contribution in [-0.2, 0) is 15.9 Å². The van der Waals surface area contributed by atoms with Crippen LogP contribution in [0.25, 0.3) is 5.69 Å². The van der Waals surface area contributed by atoms with Crippen LogP contribution in [0.1, 0.15) is 16.8 Å². The van der Waals surface area contributed by atoms with E-state index in [1.807, 2.05) is 48.0 Å². The summed E-state index contributed by atoms with van der Waals surface area (Å²) in [4.78, 5) is 0. The highest BCUT2D eigenvalue weighted by Gasteiger charge is 2.16. The number of hydrogen-bond donors (Lipinski definition) is 0. The first-order chi connectivity index (χ1) is 11.6. The number of allylic oxidation sites excluding steroid dienone is 1. The minimum atomic E-state index is 0.196. The van der Waals surface area contributed by atoms with Gasteiger partial charge in [-0.2, -0.15) is 5.26 Å². The van der Waals surface area contributed by atoms with Gasteiger partial charge in [0.05, 0.1) is 12.7 Å². The number of methoxy groups -OCH3 is 1. The fourth-order valence-corrected chi connectivity index (χ4v) is 2.69. The Bertz CT molecular complexity index is 839. The largest absolute Gasteiger partial charge is 0.497 e. The van der Waals surface area contributed by atoms with Gasteiger partial charge in [-0.15, -0.1) is 0 Å². The molecule has 0 bridgehead atoms. The molecular weight excluding hydrogens is 304 g/mol. The summed E-state index contributed by atoms with van der Waals surface area (Å²) in [5.74, 6) is 1.96. The average Bonchev–Trinajstić information content (AvgIpc) is 3.16. The van der Waals surface area contributed by atoms with Gasteiger partial charge in [-0.25, -0.2) is 0 Å². The molecule has 0 atom stereocenters. The molecule has 2 aromatic rings. The van der Waals surface area contributed by atoms with Gasteiger partial charge in [0.1, 0.15) is 11.8 Å². The molecule has 1 aliphatic heterocycles. The summed E-state index contributed by atoms with van der Waals surface area (Å²) in [6, 6.07) is 9.99. The number of nitrogens with zero attached hydrogens (tertiary/aromatic N) is 2. The Labute approximate surface area is 141 Å². The number of ether oxygens (including phenoxy) is 3. The Morgan fingerprint density at radius 2 is 2.08 bits per heavy atom. The molecule has 122 valence electrons. The molecule has 1 fully saturated rings. The summed E-state index contributed by atoms with van der Waals surface area (Å²) in [6.07, 6.45) is 4.33. The van der Waals surface area contributed by atoms with Crippen molar-refractivity contribution < 1.29 is 14.2 Å². The molecule has 0 spiro atoms. The lowest BCUT2D eigenvalue weighted by atomic mass is 10.1. The first kappa shape index (κ1) is 15.8. The third kappa shape index (κ3) is 2.86. The molecule has 0 radical (unpaired) electrons. The second-order valence-electron chi connectivity index (χ2n) is 5.39. The van der Waals surface area contributed by atoms with Gasteiger partial charge in [0, 0.05) is 17.6 Å². The summed E-state index contributed by atoms with van der Waals surface area (Å²) in [7, 11) is 1.64. The van der Waals surface area contributed by atoms with E-state index in [4.69, 9.17) is 14.2 Å². The van der Waals surface area contributed by atoms with Gasteiger partial charge in [0.15, 0.2) is 11.5 Å². The van der Waals surface area contributed by atoms with Crippen LogP contribution in [0.4, 0.5) is 0 Å². The fourth-order valence-electron chi connectivity index (χ4n) is 2.69. The molecule has 0 saturated carbocycles. The highest BCUT2D eigenvalue weighted by atomic mass is 16.7. The van der Waals surface area contributed by atoms with Gasteiger partial charge in [-0.1, -0.05) is 6.58 Å². The minimum absolute atomic E-state index is 0.196. The summed E-state index contributed by atoms with van der Waals surface area (Å²) >= 11 is 0. The van der Waals surface area contributed by atoms with Crippen LogP contribution < -0.4 is 4.74 Å². The molecule has 0 aliphatic carbocycles. The number of nitriles is 1. The van der Waals surface area contributed by atoms with E-state index in [1.165, 1.54) is 0 Å². The van der Waals surface area contributed by atoms with Gasteiger partial charge in [-0.05, 0) is 49.2 Å². The lowest BCUT2D eigenvalue weighted by molar-refractivity contribution is 0.0978. The number of benzene rings is 1. The Hall–Kier alpha value is -3.13. The van der Waals surface area contributed by atoms with Crippen molar-refractivity contribution in [2.45, 2.75) is 13.3 Å². The Morgan fingerprint density at radius 3 is 2.67 bits per heavy atom. The van der Waals surface area contributed by atoms with Crippen LogP contribution in [0.3, 0.4) is 0 Å². The lowest BCUT2D eigenvalue weighted by Crippen LogP contribution is -1.97. The van der Waals surface area contributed by atoms with Crippen molar-refractivity contribution in [2.24, 2.45) is 0 Å². The molecule has 0 amide bonds. The number of hydrogen-bond acceptors (Lipinski definition) is 4. The number of aromatic nitrogens is 1. The van der Waals surface area contributed by atoms with Crippen molar-refractivity contribution in [1.29, 1.82) is 5.26 Å². The van der Waals surface area contributed by atoms with E-state index in [0.29, 0.717) is 23.5 Å². The summed E-state index contributed by atoms with van der Waals surface area (Å²) in [6.45, 7) is 5.98. The van der Waals surface area contributed by atoms with E-state index in [0.717, 1.165) is 22.7 Å². The zero-order valence-corrected chi connectivity index (χ0v) is 13.7. The normalized spacial score (nSPS) is 15.0. The third-order valence-electron chi connectivity index (χ3n) is 4.07. The minimum Gasteiger partial charge on any atom is -0.497 e. The van der Waals surface area contributed by atoms with Gasteiger partial charge >= 0.3 is 0 Å². The second kappa shape index (κ2) is 6.55. The van der Waals surface area contributed by atoms with E-state index in [-0.39, 0.29) is 6.79 Å². The molecule has 1 aliphatic rings. The van der Waals surface area contributed by atoms with E-state index < -0.39 is 0 Å². The first-order valence-electron chi connectivity index (χ1n) is 7.54. The third-order valence-corrected chi connectivity index (χ3v) is 4.07. The summed E-state index contributed by atoms with van der Waals surface area (Å²) in [5, 5.41) is 9.45. The molecule has 1 aromatic carbocycles. The van der Waals surface area contributed by atoms with Crippen LogP contribution in [0.2, 0.25) is 0 Å². The molecular formula is C19H18N2O3. The smallest absolute Gasteiger partial charge is 0.231 e. The van der Waals surface area contributed by atoms with Gasteiger partial charge in [0.2, 0.25) is 6.79 Å². The molecule has 1 saturated heterocycles. The molecule has 1 aromatic heterocycles. The monoisotopic (exact) mass is 322 g/mol. The average molecular weight is 322 g/mol. The van der Waals surface area contributed by atoms with Crippen molar-refractivity contribution in [1.82, 2.24) is 4.57 Å². The van der Waals surface area contributed by atoms with Gasteiger partial charge < -0.3 is 18.8 Å². The molecule has 3 rings (SSSR count). The molecule has 0 unspecified atom stereocenters. The van der Waals surface area contributed by atoms with Crippen LogP contribution in [0, 0.1) is 18.3 Å². The highest BCUT2D eigenvalue weighted by Crippen LogP contribution is 2.25. The summed E-state index contributed by atoms with van der Waals surface area (Å²) < 4.78 is 17.7. The van der Waals surface area contributed by atoms with Crippen molar-refractivity contribution in [2.75, 3.05) is 13.9 Å². The predicted molar refractivity (Wildman–Crippen MR) is 89.7 cm³/mol. The Balaban J connectivity index is 1.94. The lowest BCUT2D eigenvalue weighted by Gasteiger charge is -2.08. The van der Waals surface area contributed by atoms with Crippen molar-refractivity contribution >= 4 is 0 Å². The van der Waals surface area contributed by atoms with Gasteiger partial charge in [-0.3, -0.25) is 0 Å². The van der Waals surface area contributed by atoms with E-state index in [1.54, 1.807) is 7.11 Å². The van der Waals surface area contributed by atoms with Crippen molar-refractivity contribution in [3.05, 3.63) is 71.5 Å². The maximum Gasteiger partial charge on any atom is 0.231 e. The Kier molecular flexibility index (Phi) is 4.30. The molecule has 5 nitrogen and oxygen atoms in total. The zero-order chi connectivity index (χ0) is 17.1. The van der Waals surface area contributed by atoms with Crippen LogP contribution in [0.5, 0.6) is 5.75 Å². The molecule has 5 heteroatoms. The van der Waals surface area contributed by atoms with Crippen LogP contribution >= 0.6 is 0 Å². The summed E-state index contributed by atoms with van der Waals surface area (Å²) in [5.41, 5.74) is 3.60. The maximum absolute atomic E-state index is 9.45. The predicted octanol–water partition coefficient (Wildman–Crippen LogP) is 3.61. The first-order valence-corrected chi connectivity index (χ1v) is 7.54. The second-order valence-corrected chi connectivity index (χ2v) is 5.39. The zero-order valence-electron chi connectivity index (χ0n) is 13.7. The molecule has 0 N–H and O–H groups in total. The molecule has 2 heterocycles. The van der Waals surface area contributed by atoms with E-state index in [9.17, 15) is 5.26 Å². The quantitative estimate of drug-likeness (QED) is 0.863. The van der Waals surface area contributed by atoms with Crippen LogP contribution in [0.15, 0.2) is 54.6 Å². The van der Waals surface area contributed by atoms with E-state index >= 15 is 0 Å². The standard InChI is InChI=1S/C19H18N2O3/c1-13-18(8-9-19-14(2)23-12-24-19)15(10-20)11-21(13)16-4-6-17(22-3)7-5-16/h4-7,9,11H,2,8,12H2,1,3H3. The van der Waals surface area contributed by atoms with Gasteiger partial charge in [0.25, 0.3) is 0 Å². The highest BCUT2D eigenvalue weighted by molar-refractivity contribution is 5.48. The van der Waals surface area contributed by atoms with Crippen LogP contribution in [-0.4, -0.2) is 18.5 Å². The Morgan fingerprint density at radius 1 is 1.33 bits per heavy atom. The fraction of sp³-hybridized carbons (Fsp3) is 0.211. The number of rotatable bonds is 4. The van der Waals surface area contributed by atoms with Crippen molar-refractivity contribution in [3.63, 3.8) is 0 Å². The molecule has 24 heavy (non-hydrogen) atoms.